The van der Waals surface area contributed by atoms with E-state index < -0.39 is 35.4 Å². The van der Waals surface area contributed by atoms with E-state index in [1.807, 2.05) is 48.5 Å². The summed E-state index contributed by atoms with van der Waals surface area (Å²) in [7, 11) is 0. The van der Waals surface area contributed by atoms with Gasteiger partial charge in [-0.15, -0.1) is 0 Å². The zero-order valence-electron chi connectivity index (χ0n) is 42.9. The third-order valence-electron chi connectivity index (χ3n) is 13.3. The van der Waals surface area contributed by atoms with E-state index in [-0.39, 0.29) is 44.8 Å². The van der Waals surface area contributed by atoms with E-state index >= 15 is 0 Å². The SMILES string of the molecule is O=C(Nc1ccc(C2=NCCN2)cc1)c1ccc(C(=O)Nc2ccc(C3=NCCN3)cc2)c(NC(=O)c2ccc(C(=O)Nc3cc(C(=O)Nc4ccc(C5=NCCN5)cc4)ccc3C(=O)Nc3ccc(C4=NCCN4)cc3)cc2)c1. The molecule has 0 bridgehead atoms. The fourth-order valence-electron chi connectivity index (χ4n) is 9.15. The molecule has 0 fully saturated rings. The molecule has 7 aromatic rings. The normalized spacial score (nSPS) is 14.1. The lowest BCUT2D eigenvalue weighted by Gasteiger charge is -2.15. The molecule has 7 aromatic carbocycles. The minimum Gasteiger partial charge on any atom is -0.368 e. The van der Waals surface area contributed by atoms with Gasteiger partial charge in [-0.25, -0.2) is 0 Å². The summed E-state index contributed by atoms with van der Waals surface area (Å²) in [6.45, 7) is 5.73. The van der Waals surface area contributed by atoms with Gasteiger partial charge in [-0.05, 0) is 158 Å². The van der Waals surface area contributed by atoms with Gasteiger partial charge in [0, 0.05) is 93.4 Å². The third-order valence-corrected chi connectivity index (χ3v) is 13.3. The van der Waals surface area contributed by atoms with Gasteiger partial charge in [0.05, 0.1) is 48.7 Å². The van der Waals surface area contributed by atoms with Crippen LogP contribution in [0.25, 0.3) is 0 Å². The molecule has 398 valence electrons. The van der Waals surface area contributed by atoms with E-state index in [9.17, 15) is 28.8 Å². The average Bonchev–Trinajstić information content (AvgIpc) is 4.37. The zero-order valence-corrected chi connectivity index (χ0v) is 42.9. The summed E-state index contributed by atoms with van der Waals surface area (Å²) in [5.41, 5.74) is 6.29. The number of rotatable bonds is 16. The van der Waals surface area contributed by atoms with Crippen molar-refractivity contribution in [1.82, 2.24) is 21.3 Å². The molecule has 0 saturated heterocycles. The van der Waals surface area contributed by atoms with Gasteiger partial charge < -0.3 is 53.2 Å². The van der Waals surface area contributed by atoms with Crippen molar-refractivity contribution in [1.29, 1.82) is 0 Å². The predicted molar refractivity (Wildman–Crippen MR) is 310 cm³/mol. The van der Waals surface area contributed by atoms with E-state index in [2.05, 4.69) is 73.1 Å². The quantitative estimate of drug-likeness (QED) is 0.0495. The molecule has 11 rings (SSSR count). The first-order valence-electron chi connectivity index (χ1n) is 25.9. The third kappa shape index (κ3) is 11.9. The summed E-state index contributed by atoms with van der Waals surface area (Å²) < 4.78 is 0. The Bertz CT molecular complexity index is 3460. The summed E-state index contributed by atoms with van der Waals surface area (Å²) >= 11 is 0. The number of carbonyl (C=O) groups is 6. The van der Waals surface area contributed by atoms with Crippen molar-refractivity contribution >= 4 is 92.9 Å². The molecule has 0 spiro atoms. The highest BCUT2D eigenvalue weighted by atomic mass is 16.2. The van der Waals surface area contributed by atoms with Crippen LogP contribution in [-0.4, -0.2) is 111 Å². The Morgan fingerprint density at radius 2 is 0.537 bits per heavy atom. The van der Waals surface area contributed by atoms with Crippen LogP contribution in [0.5, 0.6) is 0 Å². The lowest BCUT2D eigenvalue weighted by Crippen LogP contribution is -2.21. The molecule has 0 aliphatic carbocycles. The maximum Gasteiger partial charge on any atom is 0.257 e. The average molecular weight is 1070 g/mol. The summed E-state index contributed by atoms with van der Waals surface area (Å²) in [6, 6.07) is 43.2. The van der Waals surface area contributed by atoms with E-state index in [4.69, 9.17) is 0 Å². The highest BCUT2D eigenvalue weighted by Crippen LogP contribution is 2.26. The second kappa shape index (κ2) is 23.2. The number of anilines is 6. The van der Waals surface area contributed by atoms with Crippen LogP contribution in [0.15, 0.2) is 178 Å². The van der Waals surface area contributed by atoms with Gasteiger partial charge in [-0.2, -0.15) is 0 Å². The van der Waals surface area contributed by atoms with E-state index in [1.165, 1.54) is 60.7 Å². The standard InChI is InChI=1S/C60H52N14O6/c75-55(73-49-33-41(57(77)69-43-15-5-35(6-16-43)51-61-25-26-62-51)13-23-47(49)59(79)71-45-19-9-37(10-20-45)53-65-29-30-66-53)39-1-2-40(4-3-39)56(76)74-50-34-42(58(78)70-44-17-7-36(8-18-44)52-63-27-28-64-52)14-24-48(50)60(80)72-46-21-11-38(12-22-46)54-67-31-32-68-54/h1-24,33-34H,25-32H2,(H,61,62)(H,63,64)(H,65,66)(H,67,68)(H,69,77)(H,70,78)(H,71,79)(H,72,80)(H,73,75)(H,74,76). The van der Waals surface area contributed by atoms with Crippen LogP contribution in [0.2, 0.25) is 0 Å². The Morgan fingerprint density at radius 3 is 0.800 bits per heavy atom. The zero-order chi connectivity index (χ0) is 55.0. The summed E-state index contributed by atoms with van der Waals surface area (Å²) in [6.07, 6.45) is 0. The molecular weight excluding hydrogens is 1010 g/mol. The summed E-state index contributed by atoms with van der Waals surface area (Å²) in [5.74, 6) is -0.269. The van der Waals surface area contributed by atoms with Crippen LogP contribution in [0.3, 0.4) is 0 Å². The van der Waals surface area contributed by atoms with E-state index in [0.717, 1.165) is 71.8 Å². The van der Waals surface area contributed by atoms with Gasteiger partial charge in [-0.3, -0.25) is 48.7 Å². The number of aliphatic imine (C=N–C) groups is 4. The van der Waals surface area contributed by atoms with Crippen molar-refractivity contribution < 1.29 is 28.8 Å². The first-order chi connectivity index (χ1) is 39.1. The van der Waals surface area contributed by atoms with Crippen LogP contribution < -0.4 is 53.2 Å². The lowest BCUT2D eigenvalue weighted by atomic mass is 10.0. The van der Waals surface area contributed by atoms with Crippen LogP contribution in [0.1, 0.15) is 84.4 Å². The van der Waals surface area contributed by atoms with Crippen LogP contribution >= 0.6 is 0 Å². The smallest absolute Gasteiger partial charge is 0.257 e. The number of benzene rings is 7. The van der Waals surface area contributed by atoms with Crippen molar-refractivity contribution in [2.75, 3.05) is 84.3 Å². The molecule has 10 N–H and O–H groups in total. The number of amidine groups is 4. The molecule has 4 aliphatic rings. The van der Waals surface area contributed by atoms with Gasteiger partial charge >= 0.3 is 0 Å². The summed E-state index contributed by atoms with van der Waals surface area (Å²) in [4.78, 5) is 101. The molecule has 0 aromatic heterocycles. The largest absolute Gasteiger partial charge is 0.368 e. The van der Waals surface area contributed by atoms with Crippen molar-refractivity contribution in [2.45, 2.75) is 0 Å². The van der Waals surface area contributed by atoms with Gasteiger partial charge in [0.1, 0.15) is 23.3 Å². The second-order valence-corrected chi connectivity index (χ2v) is 18.8. The minimum atomic E-state index is -0.645. The highest BCUT2D eigenvalue weighted by molar-refractivity contribution is 6.17. The first kappa shape index (κ1) is 51.4. The van der Waals surface area contributed by atoms with Gasteiger partial charge in [0.25, 0.3) is 35.4 Å². The minimum absolute atomic E-state index is 0.0444. The van der Waals surface area contributed by atoms with Crippen LogP contribution in [-0.2, 0) is 0 Å². The molecular formula is C60H52N14O6. The molecule has 4 heterocycles. The number of hydrogen-bond acceptors (Lipinski definition) is 14. The maximum absolute atomic E-state index is 14.1. The molecule has 4 aliphatic heterocycles. The Morgan fingerprint density at radius 1 is 0.287 bits per heavy atom. The Labute approximate surface area is 458 Å². The summed E-state index contributed by atoms with van der Waals surface area (Å²) in [5, 5.41) is 30.1. The fraction of sp³-hybridized carbons (Fsp3) is 0.133. The Balaban J connectivity index is 0.815. The van der Waals surface area contributed by atoms with E-state index in [1.54, 1.807) is 48.5 Å². The molecule has 20 heteroatoms. The molecule has 0 atom stereocenters. The lowest BCUT2D eigenvalue weighted by molar-refractivity contribution is 0.100. The molecule has 0 unspecified atom stereocenters. The number of nitrogens with one attached hydrogen (secondary N) is 10. The van der Waals surface area contributed by atoms with Gasteiger partial charge in [-0.1, -0.05) is 0 Å². The van der Waals surface area contributed by atoms with E-state index in [0.29, 0.717) is 48.9 Å². The van der Waals surface area contributed by atoms with Gasteiger partial charge in [0.15, 0.2) is 0 Å². The van der Waals surface area contributed by atoms with Gasteiger partial charge in [0.2, 0.25) is 0 Å². The van der Waals surface area contributed by atoms with Crippen LogP contribution in [0, 0.1) is 0 Å². The first-order valence-corrected chi connectivity index (χ1v) is 25.9. The van der Waals surface area contributed by atoms with Crippen molar-refractivity contribution in [2.24, 2.45) is 20.0 Å². The predicted octanol–water partition coefficient (Wildman–Crippen LogP) is 6.60. The Hall–Kier alpha value is -10.8. The van der Waals surface area contributed by atoms with Crippen LogP contribution in [0.4, 0.5) is 34.1 Å². The molecule has 80 heavy (non-hydrogen) atoms. The number of hydrogen-bond donors (Lipinski definition) is 10. The molecule has 0 radical (unpaired) electrons. The molecule has 20 nitrogen and oxygen atoms in total. The fourth-order valence-corrected chi connectivity index (χ4v) is 9.15. The van der Waals surface area contributed by atoms with Crippen molar-refractivity contribution in [3.05, 3.63) is 213 Å². The number of carbonyl (C=O) groups excluding carboxylic acids is 6. The maximum atomic E-state index is 14.1. The topological polar surface area (TPSA) is 272 Å². The van der Waals surface area contributed by atoms with Crippen molar-refractivity contribution in [3.8, 4) is 0 Å². The molecule has 6 amide bonds. The number of amides is 6. The second-order valence-electron chi connectivity index (χ2n) is 18.8. The monoisotopic (exact) mass is 1060 g/mol. The number of nitrogens with zero attached hydrogens (tertiary/aromatic N) is 4. The highest BCUT2D eigenvalue weighted by Gasteiger charge is 2.22. The van der Waals surface area contributed by atoms with Crippen molar-refractivity contribution in [3.63, 3.8) is 0 Å². The molecule has 0 saturated carbocycles. The Kier molecular flexibility index (Phi) is 14.9.